The van der Waals surface area contributed by atoms with Gasteiger partial charge in [0, 0.05) is 31.6 Å². The van der Waals surface area contributed by atoms with Crippen LogP contribution in [0.15, 0.2) is 0 Å². The molecule has 17 heavy (non-hydrogen) atoms. The summed E-state index contributed by atoms with van der Waals surface area (Å²) in [6.07, 6.45) is 5.20. The van der Waals surface area contributed by atoms with Crippen molar-refractivity contribution in [2.45, 2.75) is 58.0 Å². The number of hydrogen-bond acceptors (Lipinski definition) is 3. The first kappa shape index (κ1) is 14.5. The van der Waals surface area contributed by atoms with E-state index in [-0.39, 0.29) is 5.91 Å². The minimum absolute atomic E-state index is 0.207. The number of carbonyl (C=O) groups excluding carboxylic acids is 1. The zero-order valence-corrected chi connectivity index (χ0v) is 11.2. The van der Waals surface area contributed by atoms with Gasteiger partial charge in [-0.3, -0.25) is 4.79 Å². The number of nitrogens with two attached hydrogens (primary N) is 2. The van der Waals surface area contributed by atoms with Crippen LogP contribution in [0.2, 0.25) is 0 Å². The lowest BCUT2D eigenvalue weighted by Crippen LogP contribution is -2.39. The second-order valence-electron chi connectivity index (χ2n) is 5.59. The Morgan fingerprint density at radius 1 is 1.29 bits per heavy atom. The van der Waals surface area contributed by atoms with Gasteiger partial charge >= 0.3 is 0 Å². The third-order valence-corrected chi connectivity index (χ3v) is 3.76. The summed E-state index contributed by atoms with van der Waals surface area (Å²) in [6, 6.07) is 0.884. The smallest absolute Gasteiger partial charge is 0.218 e. The van der Waals surface area contributed by atoms with Gasteiger partial charge in [0.15, 0.2) is 0 Å². The first-order valence-electron chi connectivity index (χ1n) is 6.77. The maximum absolute atomic E-state index is 10.8. The van der Waals surface area contributed by atoms with E-state index in [1.807, 2.05) is 0 Å². The summed E-state index contributed by atoms with van der Waals surface area (Å²) in [4.78, 5) is 13.2. The van der Waals surface area contributed by atoms with Crippen LogP contribution in [0.4, 0.5) is 0 Å². The molecule has 0 radical (unpaired) electrons. The largest absolute Gasteiger partial charge is 0.370 e. The lowest BCUT2D eigenvalue weighted by Gasteiger charge is -2.33. The molecule has 1 rings (SSSR count). The Hall–Kier alpha value is -0.610. The van der Waals surface area contributed by atoms with Crippen LogP contribution in [0, 0.1) is 5.92 Å². The third kappa shape index (κ3) is 5.50. The normalized spacial score (nSPS) is 25.5. The minimum Gasteiger partial charge on any atom is -0.370 e. The van der Waals surface area contributed by atoms with Crippen molar-refractivity contribution in [2.75, 3.05) is 13.1 Å². The van der Waals surface area contributed by atoms with Crippen molar-refractivity contribution >= 4 is 5.91 Å². The molecule has 1 amide bonds. The summed E-state index contributed by atoms with van der Waals surface area (Å²) in [6.45, 7) is 6.22. The predicted molar refractivity (Wildman–Crippen MR) is 70.5 cm³/mol. The molecule has 1 saturated carbocycles. The molecule has 4 nitrogen and oxygen atoms in total. The molecule has 0 spiro atoms. The molecule has 0 saturated heterocycles. The van der Waals surface area contributed by atoms with Crippen molar-refractivity contribution in [3.05, 3.63) is 0 Å². The first-order chi connectivity index (χ1) is 7.99. The molecule has 0 aromatic carbocycles. The van der Waals surface area contributed by atoms with Gasteiger partial charge in [0.25, 0.3) is 0 Å². The van der Waals surface area contributed by atoms with Gasteiger partial charge in [0.2, 0.25) is 5.91 Å². The van der Waals surface area contributed by atoms with Crippen molar-refractivity contribution in [1.82, 2.24) is 4.90 Å². The van der Waals surface area contributed by atoms with E-state index in [4.69, 9.17) is 11.5 Å². The number of rotatable bonds is 6. The van der Waals surface area contributed by atoms with Crippen LogP contribution < -0.4 is 11.5 Å². The lowest BCUT2D eigenvalue weighted by molar-refractivity contribution is -0.118. The van der Waals surface area contributed by atoms with E-state index in [1.54, 1.807) is 0 Å². The maximum Gasteiger partial charge on any atom is 0.218 e. The van der Waals surface area contributed by atoms with Gasteiger partial charge in [0.1, 0.15) is 0 Å². The highest BCUT2D eigenvalue weighted by Gasteiger charge is 2.22. The molecule has 0 aromatic rings. The number of hydrogen-bond donors (Lipinski definition) is 2. The Labute approximate surface area is 105 Å². The second-order valence-corrected chi connectivity index (χ2v) is 5.59. The number of carbonyl (C=O) groups is 1. The zero-order chi connectivity index (χ0) is 12.8. The highest BCUT2D eigenvalue weighted by molar-refractivity contribution is 5.73. The minimum atomic E-state index is -0.207. The van der Waals surface area contributed by atoms with E-state index in [1.165, 1.54) is 12.8 Å². The number of amides is 1. The fourth-order valence-electron chi connectivity index (χ4n) is 2.52. The molecule has 0 atom stereocenters. The van der Waals surface area contributed by atoms with Crippen LogP contribution in [0.5, 0.6) is 0 Å². The van der Waals surface area contributed by atoms with E-state index < -0.39 is 0 Å². The van der Waals surface area contributed by atoms with Gasteiger partial charge in [-0.15, -0.1) is 0 Å². The molecule has 0 aromatic heterocycles. The molecular formula is C13H27N3O. The quantitative estimate of drug-likeness (QED) is 0.731. The molecule has 4 N–H and O–H groups in total. The monoisotopic (exact) mass is 241 g/mol. The van der Waals surface area contributed by atoms with E-state index in [0.29, 0.717) is 18.5 Å². The van der Waals surface area contributed by atoms with E-state index in [2.05, 4.69) is 18.7 Å². The third-order valence-electron chi connectivity index (χ3n) is 3.76. The van der Waals surface area contributed by atoms with Crippen molar-refractivity contribution in [1.29, 1.82) is 0 Å². The highest BCUT2D eigenvalue weighted by Crippen LogP contribution is 2.24. The molecule has 0 bridgehead atoms. The summed E-state index contributed by atoms with van der Waals surface area (Å²) >= 11 is 0. The highest BCUT2D eigenvalue weighted by atomic mass is 16.1. The van der Waals surface area contributed by atoms with Gasteiger partial charge in [-0.05, 0) is 45.4 Å². The van der Waals surface area contributed by atoms with E-state index >= 15 is 0 Å². The predicted octanol–water partition coefficient (Wildman–Crippen LogP) is 1.09. The summed E-state index contributed by atoms with van der Waals surface area (Å²) in [5.74, 6) is 0.534. The van der Waals surface area contributed by atoms with Crippen LogP contribution in [0.1, 0.15) is 46.0 Å². The van der Waals surface area contributed by atoms with Crippen LogP contribution in [0.25, 0.3) is 0 Å². The average Bonchev–Trinajstić information content (AvgIpc) is 2.26. The molecule has 4 heteroatoms. The first-order valence-corrected chi connectivity index (χ1v) is 6.77. The summed E-state index contributed by atoms with van der Waals surface area (Å²) in [7, 11) is 0. The van der Waals surface area contributed by atoms with E-state index in [0.717, 1.165) is 31.8 Å². The molecule has 0 heterocycles. The average molecular weight is 241 g/mol. The Bertz CT molecular complexity index is 235. The van der Waals surface area contributed by atoms with Gasteiger partial charge in [-0.1, -0.05) is 0 Å². The molecular weight excluding hydrogens is 214 g/mol. The van der Waals surface area contributed by atoms with Crippen LogP contribution in [-0.2, 0) is 4.79 Å². The maximum atomic E-state index is 10.8. The second kappa shape index (κ2) is 6.97. The molecule has 1 aliphatic carbocycles. The van der Waals surface area contributed by atoms with Crippen LogP contribution in [-0.4, -0.2) is 36.0 Å². The lowest BCUT2D eigenvalue weighted by atomic mass is 9.86. The fourth-order valence-corrected chi connectivity index (χ4v) is 2.52. The van der Waals surface area contributed by atoms with Gasteiger partial charge in [-0.25, -0.2) is 0 Å². The van der Waals surface area contributed by atoms with Crippen molar-refractivity contribution in [3.8, 4) is 0 Å². The molecule has 100 valence electrons. The van der Waals surface area contributed by atoms with Crippen molar-refractivity contribution in [3.63, 3.8) is 0 Å². The standard InChI is InChI=1S/C13H27N3O/c1-10(2)16(8-7-13(15)17)9-11-3-5-12(14)6-4-11/h10-12H,3-9,14H2,1-2H3,(H2,15,17). The Kier molecular flexibility index (Phi) is 5.92. The van der Waals surface area contributed by atoms with E-state index in [9.17, 15) is 4.79 Å². The SMILES string of the molecule is CC(C)N(CCC(N)=O)CC1CCC(N)CC1. The summed E-state index contributed by atoms with van der Waals surface area (Å²) in [5, 5.41) is 0. The Morgan fingerprint density at radius 2 is 1.88 bits per heavy atom. The van der Waals surface area contributed by atoms with Crippen molar-refractivity contribution in [2.24, 2.45) is 17.4 Å². The number of primary amides is 1. The van der Waals surface area contributed by atoms with Crippen molar-refractivity contribution < 1.29 is 4.79 Å². The van der Waals surface area contributed by atoms with Gasteiger partial charge < -0.3 is 16.4 Å². The molecule has 1 aliphatic rings. The molecule has 1 fully saturated rings. The summed E-state index contributed by atoms with van der Waals surface area (Å²) in [5.41, 5.74) is 11.1. The zero-order valence-electron chi connectivity index (χ0n) is 11.2. The fraction of sp³-hybridized carbons (Fsp3) is 0.923. The van der Waals surface area contributed by atoms with Crippen LogP contribution >= 0.6 is 0 Å². The molecule has 0 unspecified atom stereocenters. The van der Waals surface area contributed by atoms with Gasteiger partial charge in [0.05, 0.1) is 0 Å². The number of nitrogens with zero attached hydrogens (tertiary/aromatic N) is 1. The molecule has 0 aliphatic heterocycles. The summed E-state index contributed by atoms with van der Waals surface area (Å²) < 4.78 is 0. The Balaban J connectivity index is 2.35. The van der Waals surface area contributed by atoms with Crippen LogP contribution in [0.3, 0.4) is 0 Å². The van der Waals surface area contributed by atoms with Gasteiger partial charge in [-0.2, -0.15) is 0 Å². The Morgan fingerprint density at radius 3 is 2.35 bits per heavy atom. The topological polar surface area (TPSA) is 72.3 Å².